The minimum Gasteiger partial charge on any atom is -0.486 e. The lowest BCUT2D eigenvalue weighted by molar-refractivity contribution is -0.113. The number of thioether (sulfide) groups is 1. The zero-order valence-corrected chi connectivity index (χ0v) is 16.9. The van der Waals surface area contributed by atoms with E-state index in [0.29, 0.717) is 41.0 Å². The van der Waals surface area contributed by atoms with Crippen LogP contribution < -0.4 is 14.8 Å². The van der Waals surface area contributed by atoms with E-state index < -0.39 is 0 Å². The summed E-state index contributed by atoms with van der Waals surface area (Å²) in [6.45, 7) is 5.00. The van der Waals surface area contributed by atoms with E-state index in [1.165, 1.54) is 11.8 Å². The molecule has 7 heteroatoms. The Morgan fingerprint density at radius 1 is 1.14 bits per heavy atom. The van der Waals surface area contributed by atoms with Crippen molar-refractivity contribution in [3.63, 3.8) is 0 Å². The van der Waals surface area contributed by atoms with E-state index in [2.05, 4.69) is 16.4 Å². The standard InChI is InChI=1S/C22H19N3O3S/c1-13-3-4-14(2)21-17(13)9-15(11-23)22(25-21)29-12-20(26)24-16-5-6-18-19(10-16)28-8-7-27-18/h3-6,9-10H,7-8,12H2,1-2H3,(H,24,26). The number of aryl methyl sites for hydroxylation is 2. The summed E-state index contributed by atoms with van der Waals surface area (Å²) >= 11 is 1.26. The first-order chi connectivity index (χ1) is 14.0. The van der Waals surface area contributed by atoms with Gasteiger partial charge in [-0.1, -0.05) is 23.9 Å². The molecular weight excluding hydrogens is 386 g/mol. The zero-order valence-electron chi connectivity index (χ0n) is 16.1. The van der Waals surface area contributed by atoms with Crippen LogP contribution in [0.3, 0.4) is 0 Å². The minimum atomic E-state index is -0.182. The van der Waals surface area contributed by atoms with Gasteiger partial charge < -0.3 is 14.8 Å². The first kappa shape index (κ1) is 19.1. The normalized spacial score (nSPS) is 12.4. The molecule has 0 atom stereocenters. The third kappa shape index (κ3) is 3.98. The fourth-order valence-electron chi connectivity index (χ4n) is 3.16. The van der Waals surface area contributed by atoms with E-state index in [-0.39, 0.29) is 11.7 Å². The van der Waals surface area contributed by atoms with E-state index in [1.54, 1.807) is 18.2 Å². The van der Waals surface area contributed by atoms with Gasteiger partial charge in [-0.3, -0.25) is 4.79 Å². The number of aromatic nitrogens is 1. The minimum absolute atomic E-state index is 0.145. The lowest BCUT2D eigenvalue weighted by Crippen LogP contribution is -2.17. The Bertz CT molecular complexity index is 1150. The van der Waals surface area contributed by atoms with Crippen LogP contribution >= 0.6 is 11.8 Å². The molecule has 2 aromatic carbocycles. The number of hydrogen-bond donors (Lipinski definition) is 1. The van der Waals surface area contributed by atoms with Crippen LogP contribution in [0.2, 0.25) is 0 Å². The first-order valence-electron chi connectivity index (χ1n) is 9.18. The molecular formula is C22H19N3O3S. The number of hydrogen-bond acceptors (Lipinski definition) is 6. The molecule has 0 spiro atoms. The summed E-state index contributed by atoms with van der Waals surface area (Å²) < 4.78 is 11.0. The van der Waals surface area contributed by atoms with E-state index in [0.717, 1.165) is 22.0 Å². The number of benzene rings is 2. The molecule has 0 saturated carbocycles. The maximum absolute atomic E-state index is 12.4. The van der Waals surface area contributed by atoms with Gasteiger partial charge in [-0.15, -0.1) is 0 Å². The van der Waals surface area contributed by atoms with Crippen LogP contribution in [-0.4, -0.2) is 29.9 Å². The van der Waals surface area contributed by atoms with Gasteiger partial charge in [0.05, 0.1) is 16.8 Å². The molecule has 1 aliphatic rings. The summed E-state index contributed by atoms with van der Waals surface area (Å²) in [6, 6.07) is 13.4. The lowest BCUT2D eigenvalue weighted by Gasteiger charge is -2.19. The maximum Gasteiger partial charge on any atom is 0.234 e. The van der Waals surface area contributed by atoms with Crippen molar-refractivity contribution in [3.05, 3.63) is 53.1 Å². The topological polar surface area (TPSA) is 84.2 Å². The molecule has 0 unspecified atom stereocenters. The highest BCUT2D eigenvalue weighted by Gasteiger charge is 2.15. The molecule has 3 aromatic rings. The van der Waals surface area contributed by atoms with Gasteiger partial charge in [0, 0.05) is 17.1 Å². The predicted octanol–water partition coefficient (Wildman–Crippen LogP) is 4.23. The molecule has 0 saturated heterocycles. The highest BCUT2D eigenvalue weighted by Crippen LogP contribution is 2.33. The number of anilines is 1. The Morgan fingerprint density at radius 2 is 1.90 bits per heavy atom. The van der Waals surface area contributed by atoms with Crippen LogP contribution in [0.15, 0.2) is 41.4 Å². The molecule has 4 rings (SSSR count). The smallest absolute Gasteiger partial charge is 0.234 e. The van der Waals surface area contributed by atoms with E-state index >= 15 is 0 Å². The zero-order chi connectivity index (χ0) is 20.4. The largest absolute Gasteiger partial charge is 0.486 e. The Morgan fingerprint density at radius 3 is 2.69 bits per heavy atom. The number of amides is 1. The summed E-state index contributed by atoms with van der Waals surface area (Å²) in [5, 5.41) is 13.9. The third-order valence-corrected chi connectivity index (χ3v) is 5.65. The van der Waals surface area contributed by atoms with E-state index in [1.807, 2.05) is 32.0 Å². The third-order valence-electron chi connectivity index (χ3n) is 4.66. The van der Waals surface area contributed by atoms with Crippen molar-refractivity contribution >= 4 is 34.3 Å². The number of carbonyl (C=O) groups is 1. The number of nitrogens with one attached hydrogen (secondary N) is 1. The molecule has 1 N–H and O–H groups in total. The van der Waals surface area contributed by atoms with Crippen LogP contribution in [0.5, 0.6) is 11.5 Å². The number of ether oxygens (including phenoxy) is 2. The second-order valence-electron chi connectivity index (χ2n) is 6.74. The first-order valence-corrected chi connectivity index (χ1v) is 10.2. The van der Waals surface area contributed by atoms with E-state index in [9.17, 15) is 10.1 Å². The average Bonchev–Trinajstić information content (AvgIpc) is 2.74. The van der Waals surface area contributed by atoms with Gasteiger partial charge in [0.2, 0.25) is 5.91 Å². The van der Waals surface area contributed by atoms with Gasteiger partial charge in [0.15, 0.2) is 11.5 Å². The summed E-state index contributed by atoms with van der Waals surface area (Å²) in [4.78, 5) is 17.1. The summed E-state index contributed by atoms with van der Waals surface area (Å²) in [6.07, 6.45) is 0. The van der Waals surface area contributed by atoms with Crippen molar-refractivity contribution in [1.29, 1.82) is 5.26 Å². The molecule has 29 heavy (non-hydrogen) atoms. The molecule has 1 aromatic heterocycles. The molecule has 2 heterocycles. The van der Waals surface area contributed by atoms with Gasteiger partial charge in [-0.25, -0.2) is 4.98 Å². The van der Waals surface area contributed by atoms with Crippen molar-refractivity contribution in [1.82, 2.24) is 4.98 Å². The molecule has 0 fully saturated rings. The number of fused-ring (bicyclic) bond motifs is 2. The van der Waals surface area contributed by atoms with Gasteiger partial charge >= 0.3 is 0 Å². The number of carbonyl (C=O) groups excluding carboxylic acids is 1. The van der Waals surface area contributed by atoms with Gasteiger partial charge in [-0.05, 0) is 43.2 Å². The van der Waals surface area contributed by atoms with Crippen LogP contribution in [0, 0.1) is 25.2 Å². The van der Waals surface area contributed by atoms with Crippen molar-refractivity contribution in [3.8, 4) is 17.6 Å². The second-order valence-corrected chi connectivity index (χ2v) is 7.71. The summed E-state index contributed by atoms with van der Waals surface area (Å²) in [7, 11) is 0. The maximum atomic E-state index is 12.4. The fraction of sp³-hybridized carbons (Fsp3) is 0.227. The monoisotopic (exact) mass is 405 g/mol. The molecule has 1 aliphatic heterocycles. The van der Waals surface area contributed by atoms with Crippen LogP contribution in [0.25, 0.3) is 10.9 Å². The average molecular weight is 405 g/mol. The lowest BCUT2D eigenvalue weighted by atomic mass is 10.0. The van der Waals surface area contributed by atoms with Crippen molar-refractivity contribution in [2.45, 2.75) is 18.9 Å². The van der Waals surface area contributed by atoms with Gasteiger partial charge in [-0.2, -0.15) is 5.26 Å². The van der Waals surface area contributed by atoms with Crippen LogP contribution in [0.1, 0.15) is 16.7 Å². The predicted molar refractivity (Wildman–Crippen MR) is 113 cm³/mol. The number of nitrogens with zero attached hydrogens (tertiary/aromatic N) is 2. The highest BCUT2D eigenvalue weighted by atomic mass is 32.2. The molecule has 0 radical (unpaired) electrons. The Kier molecular flexibility index (Phi) is 5.28. The number of rotatable bonds is 4. The number of pyridine rings is 1. The van der Waals surface area contributed by atoms with Gasteiger partial charge in [0.1, 0.15) is 24.3 Å². The van der Waals surface area contributed by atoms with Crippen LogP contribution in [-0.2, 0) is 4.79 Å². The van der Waals surface area contributed by atoms with Crippen molar-refractivity contribution in [2.75, 3.05) is 24.3 Å². The number of nitriles is 1. The second kappa shape index (κ2) is 8.02. The molecule has 0 bridgehead atoms. The van der Waals surface area contributed by atoms with Crippen molar-refractivity contribution < 1.29 is 14.3 Å². The molecule has 6 nitrogen and oxygen atoms in total. The molecule has 146 valence electrons. The summed E-state index contributed by atoms with van der Waals surface area (Å²) in [5.41, 5.74) is 4.08. The van der Waals surface area contributed by atoms with Gasteiger partial charge in [0.25, 0.3) is 0 Å². The van der Waals surface area contributed by atoms with Crippen LogP contribution in [0.4, 0.5) is 5.69 Å². The quantitative estimate of drug-likeness (QED) is 0.654. The summed E-state index contributed by atoms with van der Waals surface area (Å²) in [5.74, 6) is 1.26. The fourth-order valence-corrected chi connectivity index (χ4v) is 3.91. The molecule has 0 aliphatic carbocycles. The Balaban J connectivity index is 1.50. The van der Waals surface area contributed by atoms with Crippen molar-refractivity contribution in [2.24, 2.45) is 0 Å². The Hall–Kier alpha value is -3.24. The highest BCUT2D eigenvalue weighted by molar-refractivity contribution is 8.00. The molecule has 1 amide bonds. The Labute approximate surface area is 172 Å². The SMILES string of the molecule is Cc1ccc(C)c2nc(SCC(=O)Nc3ccc4c(c3)OCCO4)c(C#N)cc12. The van der Waals surface area contributed by atoms with E-state index in [4.69, 9.17) is 9.47 Å².